The quantitative estimate of drug-likeness (QED) is 0.808. The highest BCUT2D eigenvalue weighted by Crippen LogP contribution is 2.37. The lowest BCUT2D eigenvalue weighted by molar-refractivity contribution is -0.133. The van der Waals surface area contributed by atoms with Crippen LogP contribution in [0.5, 0.6) is 11.5 Å². The first-order valence-corrected chi connectivity index (χ1v) is 6.00. The SMILES string of the molecule is COC(C)(C)C(=O)Nc1cc2c(cc1N)OCCO2. The Labute approximate surface area is 111 Å². The van der Waals surface area contributed by atoms with E-state index in [1.807, 2.05) is 0 Å². The number of rotatable bonds is 3. The molecule has 6 heteroatoms. The molecular formula is C13H18N2O4. The van der Waals surface area contributed by atoms with Crippen molar-refractivity contribution in [1.29, 1.82) is 0 Å². The number of amides is 1. The number of nitrogens with two attached hydrogens (primary N) is 1. The summed E-state index contributed by atoms with van der Waals surface area (Å²) in [6.07, 6.45) is 0. The Kier molecular flexibility index (Phi) is 3.53. The van der Waals surface area contributed by atoms with E-state index in [-0.39, 0.29) is 5.91 Å². The Morgan fingerprint density at radius 3 is 2.47 bits per heavy atom. The van der Waals surface area contributed by atoms with Crippen LogP contribution in [0.1, 0.15) is 13.8 Å². The van der Waals surface area contributed by atoms with E-state index >= 15 is 0 Å². The average Bonchev–Trinajstić information content (AvgIpc) is 2.39. The van der Waals surface area contributed by atoms with E-state index in [0.29, 0.717) is 36.1 Å². The van der Waals surface area contributed by atoms with E-state index in [1.54, 1.807) is 26.0 Å². The Morgan fingerprint density at radius 1 is 1.32 bits per heavy atom. The molecule has 0 radical (unpaired) electrons. The molecule has 3 N–H and O–H groups in total. The molecule has 0 saturated heterocycles. The van der Waals surface area contributed by atoms with Crippen molar-refractivity contribution >= 4 is 17.3 Å². The number of carbonyl (C=O) groups excluding carboxylic acids is 1. The Balaban J connectivity index is 2.24. The summed E-state index contributed by atoms with van der Waals surface area (Å²) in [5.41, 5.74) is 5.86. The third-order valence-electron chi connectivity index (χ3n) is 3.02. The van der Waals surface area contributed by atoms with Crippen LogP contribution in [0.3, 0.4) is 0 Å². The van der Waals surface area contributed by atoms with E-state index in [9.17, 15) is 4.79 Å². The minimum Gasteiger partial charge on any atom is -0.486 e. The van der Waals surface area contributed by atoms with Crippen molar-refractivity contribution in [3.05, 3.63) is 12.1 Å². The lowest BCUT2D eigenvalue weighted by Crippen LogP contribution is -2.39. The van der Waals surface area contributed by atoms with Crippen molar-refractivity contribution in [3.63, 3.8) is 0 Å². The van der Waals surface area contributed by atoms with E-state index in [2.05, 4.69) is 5.32 Å². The maximum absolute atomic E-state index is 12.0. The van der Waals surface area contributed by atoms with Gasteiger partial charge in [0.2, 0.25) is 0 Å². The Morgan fingerprint density at radius 2 is 1.89 bits per heavy atom. The number of nitrogen functional groups attached to an aromatic ring is 1. The summed E-state index contributed by atoms with van der Waals surface area (Å²) in [7, 11) is 1.48. The molecule has 104 valence electrons. The van der Waals surface area contributed by atoms with Crippen molar-refractivity contribution < 1.29 is 19.0 Å². The molecule has 1 aromatic carbocycles. The summed E-state index contributed by atoms with van der Waals surface area (Å²) in [5, 5.41) is 2.73. The van der Waals surface area contributed by atoms with Crippen LogP contribution in [0.15, 0.2) is 12.1 Å². The predicted molar refractivity (Wildman–Crippen MR) is 71.6 cm³/mol. The fraction of sp³-hybridized carbons (Fsp3) is 0.462. The van der Waals surface area contributed by atoms with E-state index in [4.69, 9.17) is 19.9 Å². The highest BCUT2D eigenvalue weighted by Gasteiger charge is 2.28. The molecule has 1 aliphatic rings. The number of nitrogens with one attached hydrogen (secondary N) is 1. The van der Waals surface area contributed by atoms with Gasteiger partial charge in [-0.15, -0.1) is 0 Å². The molecule has 0 saturated carbocycles. The van der Waals surface area contributed by atoms with E-state index in [0.717, 1.165) is 0 Å². The molecule has 0 unspecified atom stereocenters. The number of carbonyl (C=O) groups is 1. The van der Waals surface area contributed by atoms with Crippen molar-refractivity contribution in [2.75, 3.05) is 31.4 Å². The lowest BCUT2D eigenvalue weighted by Gasteiger charge is -2.24. The molecule has 0 aliphatic carbocycles. The van der Waals surface area contributed by atoms with Gasteiger partial charge in [-0.3, -0.25) is 4.79 Å². The largest absolute Gasteiger partial charge is 0.486 e. The van der Waals surface area contributed by atoms with Gasteiger partial charge in [0.25, 0.3) is 5.91 Å². The maximum atomic E-state index is 12.0. The monoisotopic (exact) mass is 266 g/mol. The summed E-state index contributed by atoms with van der Waals surface area (Å²) in [6, 6.07) is 3.30. The van der Waals surface area contributed by atoms with Gasteiger partial charge in [0.1, 0.15) is 18.8 Å². The Hall–Kier alpha value is -1.95. The number of methoxy groups -OCH3 is 1. The predicted octanol–water partition coefficient (Wildman–Crippen LogP) is 1.40. The molecule has 1 aromatic rings. The van der Waals surface area contributed by atoms with Crippen molar-refractivity contribution in [2.45, 2.75) is 19.4 Å². The van der Waals surface area contributed by atoms with Gasteiger partial charge >= 0.3 is 0 Å². The van der Waals surface area contributed by atoms with Gasteiger partial charge < -0.3 is 25.3 Å². The van der Waals surface area contributed by atoms with Crippen LogP contribution in [-0.4, -0.2) is 31.8 Å². The number of hydrogen-bond donors (Lipinski definition) is 2. The highest BCUT2D eigenvalue weighted by molar-refractivity contribution is 5.99. The smallest absolute Gasteiger partial charge is 0.256 e. The molecule has 0 bridgehead atoms. The third-order valence-corrected chi connectivity index (χ3v) is 3.02. The first kappa shape index (κ1) is 13.5. The summed E-state index contributed by atoms with van der Waals surface area (Å²) in [4.78, 5) is 12.0. The number of hydrogen-bond acceptors (Lipinski definition) is 5. The van der Waals surface area contributed by atoms with Crippen LogP contribution in [0, 0.1) is 0 Å². The molecule has 19 heavy (non-hydrogen) atoms. The minimum atomic E-state index is -0.931. The number of benzene rings is 1. The molecule has 0 aromatic heterocycles. The standard InChI is InChI=1S/C13H18N2O4/c1-13(2,17-3)12(16)15-9-7-11-10(6-8(9)14)18-4-5-19-11/h6-7H,4-5,14H2,1-3H3,(H,15,16). The number of fused-ring (bicyclic) bond motifs is 1. The average molecular weight is 266 g/mol. The minimum absolute atomic E-state index is 0.279. The van der Waals surface area contributed by atoms with Gasteiger partial charge in [-0.2, -0.15) is 0 Å². The Bertz CT molecular complexity index is 500. The van der Waals surface area contributed by atoms with Crippen LogP contribution in [0.2, 0.25) is 0 Å². The van der Waals surface area contributed by atoms with Crippen LogP contribution in [-0.2, 0) is 9.53 Å². The van der Waals surface area contributed by atoms with Gasteiger partial charge in [0.15, 0.2) is 11.5 Å². The van der Waals surface area contributed by atoms with Crippen molar-refractivity contribution in [1.82, 2.24) is 0 Å². The lowest BCUT2D eigenvalue weighted by atomic mass is 10.1. The first-order chi connectivity index (χ1) is 8.94. The summed E-state index contributed by atoms with van der Waals surface area (Å²) in [5.74, 6) is 0.886. The number of anilines is 2. The zero-order valence-corrected chi connectivity index (χ0v) is 11.3. The molecule has 2 rings (SSSR count). The molecule has 1 heterocycles. The second kappa shape index (κ2) is 4.97. The van der Waals surface area contributed by atoms with Gasteiger partial charge in [0, 0.05) is 19.2 Å². The zero-order chi connectivity index (χ0) is 14.0. The molecule has 0 atom stereocenters. The van der Waals surface area contributed by atoms with E-state index < -0.39 is 5.60 Å². The van der Waals surface area contributed by atoms with Crippen LogP contribution >= 0.6 is 0 Å². The zero-order valence-electron chi connectivity index (χ0n) is 11.3. The summed E-state index contributed by atoms with van der Waals surface area (Å²) < 4.78 is 16.0. The van der Waals surface area contributed by atoms with Crippen molar-refractivity contribution in [3.8, 4) is 11.5 Å². The fourth-order valence-corrected chi connectivity index (χ4v) is 1.58. The van der Waals surface area contributed by atoms with Gasteiger partial charge in [0.05, 0.1) is 11.4 Å². The molecule has 1 aliphatic heterocycles. The molecular weight excluding hydrogens is 248 g/mol. The molecule has 1 amide bonds. The molecule has 0 fully saturated rings. The first-order valence-electron chi connectivity index (χ1n) is 6.00. The summed E-state index contributed by atoms with van der Waals surface area (Å²) >= 11 is 0. The normalized spacial score (nSPS) is 14.1. The second-order valence-corrected chi connectivity index (χ2v) is 4.75. The summed E-state index contributed by atoms with van der Waals surface area (Å²) in [6.45, 7) is 4.33. The second-order valence-electron chi connectivity index (χ2n) is 4.75. The van der Waals surface area contributed by atoms with Crippen LogP contribution in [0.25, 0.3) is 0 Å². The van der Waals surface area contributed by atoms with Gasteiger partial charge in [-0.1, -0.05) is 0 Å². The third kappa shape index (κ3) is 2.73. The van der Waals surface area contributed by atoms with Crippen molar-refractivity contribution in [2.24, 2.45) is 0 Å². The van der Waals surface area contributed by atoms with Gasteiger partial charge in [-0.05, 0) is 13.8 Å². The van der Waals surface area contributed by atoms with Crippen LogP contribution < -0.4 is 20.5 Å². The highest BCUT2D eigenvalue weighted by atomic mass is 16.6. The number of ether oxygens (including phenoxy) is 3. The molecule has 0 spiro atoms. The van der Waals surface area contributed by atoms with E-state index in [1.165, 1.54) is 7.11 Å². The topological polar surface area (TPSA) is 82.8 Å². The molecule has 6 nitrogen and oxygen atoms in total. The van der Waals surface area contributed by atoms with Crippen LogP contribution in [0.4, 0.5) is 11.4 Å². The van der Waals surface area contributed by atoms with Gasteiger partial charge in [-0.25, -0.2) is 0 Å². The maximum Gasteiger partial charge on any atom is 0.256 e. The fourth-order valence-electron chi connectivity index (χ4n) is 1.58.